The minimum atomic E-state index is -1.36. The normalized spacial score (nSPS) is 13.3. The Balaban J connectivity index is 1.94. The highest BCUT2D eigenvalue weighted by Gasteiger charge is 2.33. The number of amides is 4. The second-order valence-corrected chi connectivity index (χ2v) is 9.51. The fraction of sp³-hybridized carbons (Fsp3) is 0.444. The molecular weight excluding hydrogens is 476 g/mol. The molecule has 3 atom stereocenters. The summed E-state index contributed by atoms with van der Waals surface area (Å²) < 4.78 is 0. The van der Waals surface area contributed by atoms with Crippen molar-refractivity contribution in [3.05, 3.63) is 48.0 Å². The van der Waals surface area contributed by atoms with Gasteiger partial charge in [0.2, 0.25) is 17.6 Å². The molecule has 0 heterocycles. The summed E-state index contributed by atoms with van der Waals surface area (Å²) in [6, 6.07) is 11.4. The number of ketones is 1. The van der Waals surface area contributed by atoms with Gasteiger partial charge in [0.25, 0.3) is 5.91 Å². The first-order valence-corrected chi connectivity index (χ1v) is 12.4. The van der Waals surface area contributed by atoms with Crippen molar-refractivity contribution in [3.8, 4) is 0 Å². The molecule has 4 amide bonds. The van der Waals surface area contributed by atoms with Crippen molar-refractivity contribution in [3.63, 3.8) is 0 Å². The lowest BCUT2D eigenvalue weighted by molar-refractivity contribution is -0.141. The number of Topliss-reactive ketones (excluding diaryl/α,β-unsaturated/α-hetero) is 1. The van der Waals surface area contributed by atoms with Crippen LogP contribution in [0.1, 0.15) is 46.1 Å². The topological polar surface area (TPSA) is 154 Å². The fourth-order valence-corrected chi connectivity index (χ4v) is 3.81. The minimum Gasteiger partial charge on any atom is -0.465 e. The average molecular weight is 513 g/mol. The third-order valence-corrected chi connectivity index (χ3v) is 6.05. The summed E-state index contributed by atoms with van der Waals surface area (Å²) in [7, 11) is 0. The van der Waals surface area contributed by atoms with E-state index >= 15 is 0 Å². The van der Waals surface area contributed by atoms with Gasteiger partial charge in [-0.3, -0.25) is 19.2 Å². The largest absolute Gasteiger partial charge is 0.465 e. The lowest BCUT2D eigenvalue weighted by Crippen LogP contribution is -2.56. The van der Waals surface area contributed by atoms with Gasteiger partial charge in [0.05, 0.1) is 12.6 Å². The smallest absolute Gasteiger partial charge is 0.405 e. The molecule has 0 bridgehead atoms. The van der Waals surface area contributed by atoms with Gasteiger partial charge in [-0.2, -0.15) is 0 Å². The molecule has 0 fully saturated rings. The van der Waals surface area contributed by atoms with Crippen molar-refractivity contribution in [1.29, 1.82) is 0 Å². The lowest BCUT2D eigenvalue weighted by atomic mass is 9.94. The number of fused-ring (bicyclic) bond motifs is 1. The van der Waals surface area contributed by atoms with Gasteiger partial charge in [-0.05, 0) is 40.7 Å². The van der Waals surface area contributed by atoms with E-state index < -0.39 is 54.1 Å². The van der Waals surface area contributed by atoms with E-state index in [1.54, 1.807) is 13.8 Å². The van der Waals surface area contributed by atoms with Gasteiger partial charge >= 0.3 is 6.09 Å². The zero-order valence-electron chi connectivity index (χ0n) is 21.7. The van der Waals surface area contributed by atoms with Gasteiger partial charge in [0.15, 0.2) is 0 Å². The van der Waals surface area contributed by atoms with Crippen LogP contribution in [0.3, 0.4) is 0 Å². The van der Waals surface area contributed by atoms with Crippen LogP contribution in [0, 0.1) is 11.8 Å². The predicted octanol–water partition coefficient (Wildman–Crippen LogP) is 2.35. The third kappa shape index (κ3) is 9.21. The summed E-state index contributed by atoms with van der Waals surface area (Å²) in [5.41, 5.74) is 0.889. The molecule has 2 aromatic rings. The molecule has 0 aliphatic rings. The number of carbonyl (C=O) groups is 5. The van der Waals surface area contributed by atoms with E-state index in [4.69, 9.17) is 5.11 Å². The van der Waals surface area contributed by atoms with Crippen LogP contribution in [-0.4, -0.2) is 53.3 Å². The van der Waals surface area contributed by atoms with E-state index in [-0.39, 0.29) is 18.9 Å². The number of rotatable bonds is 13. The molecule has 37 heavy (non-hydrogen) atoms. The van der Waals surface area contributed by atoms with Crippen molar-refractivity contribution in [2.45, 2.75) is 59.2 Å². The number of carboxylic acid groups (broad SMARTS) is 1. The number of benzene rings is 2. The quantitative estimate of drug-likeness (QED) is 0.260. The monoisotopic (exact) mass is 512 g/mol. The second-order valence-electron chi connectivity index (χ2n) is 9.51. The molecule has 0 saturated heterocycles. The maximum absolute atomic E-state index is 12.9. The summed E-state index contributed by atoms with van der Waals surface area (Å²) >= 11 is 0. The molecule has 0 saturated carbocycles. The SMILES string of the molecule is CCC(C)C(NC(=O)C(CC(C)C)NC(=O)O)C(=O)C(=O)NCC(=O)NCc1ccc2ccccc2c1. The Bertz CT molecular complexity index is 1130. The van der Waals surface area contributed by atoms with Crippen LogP contribution < -0.4 is 21.3 Å². The molecule has 0 radical (unpaired) electrons. The average Bonchev–Trinajstić information content (AvgIpc) is 2.87. The number of hydrogen-bond acceptors (Lipinski definition) is 5. The van der Waals surface area contributed by atoms with E-state index in [1.807, 2.05) is 56.3 Å². The Kier molecular flexibility index (Phi) is 11.0. The molecule has 0 aromatic heterocycles. The Labute approximate surface area is 216 Å². The van der Waals surface area contributed by atoms with Crippen LogP contribution in [0.25, 0.3) is 10.8 Å². The summed E-state index contributed by atoms with van der Waals surface area (Å²) in [6.45, 7) is 7.02. The molecule has 2 aromatic carbocycles. The van der Waals surface area contributed by atoms with Crippen molar-refractivity contribution >= 4 is 40.4 Å². The third-order valence-electron chi connectivity index (χ3n) is 6.05. The van der Waals surface area contributed by atoms with Gasteiger partial charge in [-0.1, -0.05) is 70.5 Å². The van der Waals surface area contributed by atoms with Crippen LogP contribution in [0.4, 0.5) is 4.79 Å². The van der Waals surface area contributed by atoms with Crippen LogP contribution in [0.5, 0.6) is 0 Å². The van der Waals surface area contributed by atoms with E-state index in [0.717, 1.165) is 16.3 Å². The number of carbonyl (C=O) groups excluding carboxylic acids is 4. The highest BCUT2D eigenvalue weighted by Crippen LogP contribution is 2.15. The van der Waals surface area contributed by atoms with E-state index in [9.17, 15) is 24.0 Å². The fourth-order valence-electron chi connectivity index (χ4n) is 3.81. The molecule has 10 heteroatoms. The summed E-state index contributed by atoms with van der Waals surface area (Å²) in [6.07, 6.45) is -0.653. The second kappa shape index (κ2) is 14.0. The standard InChI is InChI=1S/C27H36N4O6/c1-5-17(4)23(31-25(34)21(12-16(2)3)30-27(36)37)24(33)26(35)29-15-22(32)28-14-18-10-11-19-8-6-7-9-20(19)13-18/h6-11,13,16-17,21,23,30H,5,12,14-15H2,1-4H3,(H,28,32)(H,29,35)(H,31,34)(H,36,37). The Morgan fingerprint density at radius 3 is 2.19 bits per heavy atom. The van der Waals surface area contributed by atoms with E-state index in [1.165, 1.54) is 0 Å². The van der Waals surface area contributed by atoms with Crippen molar-refractivity contribution in [2.75, 3.05) is 6.54 Å². The molecule has 0 aliphatic heterocycles. The number of hydrogen-bond donors (Lipinski definition) is 5. The Morgan fingerprint density at radius 1 is 0.892 bits per heavy atom. The molecule has 0 aliphatic carbocycles. The van der Waals surface area contributed by atoms with E-state index in [2.05, 4.69) is 21.3 Å². The summed E-state index contributed by atoms with van der Waals surface area (Å²) in [5, 5.41) is 20.9. The van der Waals surface area contributed by atoms with Crippen LogP contribution in [0.2, 0.25) is 0 Å². The molecule has 5 N–H and O–H groups in total. The van der Waals surface area contributed by atoms with Crippen LogP contribution >= 0.6 is 0 Å². The van der Waals surface area contributed by atoms with Gasteiger partial charge in [0, 0.05) is 6.54 Å². The van der Waals surface area contributed by atoms with Crippen LogP contribution in [-0.2, 0) is 25.7 Å². The zero-order valence-corrected chi connectivity index (χ0v) is 21.7. The highest BCUT2D eigenvalue weighted by molar-refractivity contribution is 6.38. The summed E-state index contributed by atoms with van der Waals surface area (Å²) in [4.78, 5) is 61.5. The molecule has 10 nitrogen and oxygen atoms in total. The Hall–Kier alpha value is -3.95. The van der Waals surface area contributed by atoms with Crippen molar-refractivity contribution in [2.24, 2.45) is 11.8 Å². The maximum atomic E-state index is 12.9. The van der Waals surface area contributed by atoms with Crippen molar-refractivity contribution < 1.29 is 29.1 Å². The predicted molar refractivity (Wildman–Crippen MR) is 140 cm³/mol. The maximum Gasteiger partial charge on any atom is 0.405 e. The molecule has 200 valence electrons. The molecule has 2 rings (SSSR count). The zero-order chi connectivity index (χ0) is 27.5. The van der Waals surface area contributed by atoms with Gasteiger partial charge in [0.1, 0.15) is 6.04 Å². The molecule has 0 spiro atoms. The van der Waals surface area contributed by atoms with Crippen molar-refractivity contribution in [1.82, 2.24) is 21.3 Å². The highest BCUT2D eigenvalue weighted by atomic mass is 16.4. The molecule has 3 unspecified atom stereocenters. The van der Waals surface area contributed by atoms with E-state index in [0.29, 0.717) is 6.42 Å². The minimum absolute atomic E-state index is 0.0109. The van der Waals surface area contributed by atoms with Gasteiger partial charge < -0.3 is 26.4 Å². The van der Waals surface area contributed by atoms with Gasteiger partial charge in [-0.15, -0.1) is 0 Å². The van der Waals surface area contributed by atoms with Gasteiger partial charge in [-0.25, -0.2) is 4.79 Å². The first-order valence-electron chi connectivity index (χ1n) is 12.4. The first-order chi connectivity index (χ1) is 17.5. The van der Waals surface area contributed by atoms with Crippen LogP contribution in [0.15, 0.2) is 42.5 Å². The molecular formula is C27H36N4O6. The summed E-state index contributed by atoms with van der Waals surface area (Å²) in [5.74, 6) is -3.44. The Morgan fingerprint density at radius 2 is 1.57 bits per heavy atom. The first kappa shape index (κ1) is 29.3. The number of nitrogens with one attached hydrogen (secondary N) is 4. The lowest BCUT2D eigenvalue weighted by Gasteiger charge is -2.26.